The van der Waals surface area contributed by atoms with E-state index in [1.807, 2.05) is 24.3 Å². The number of rotatable bonds is 2. The van der Waals surface area contributed by atoms with Crippen molar-refractivity contribution in [3.63, 3.8) is 0 Å². The minimum absolute atomic E-state index is 0.0115. The van der Waals surface area contributed by atoms with Crippen LogP contribution in [0.1, 0.15) is 27.5 Å². The summed E-state index contributed by atoms with van der Waals surface area (Å²) in [6, 6.07) is 10.3. The van der Waals surface area contributed by atoms with E-state index in [0.717, 1.165) is 17.5 Å². The van der Waals surface area contributed by atoms with Crippen LogP contribution in [0.3, 0.4) is 0 Å². The monoisotopic (exact) mass is 367 g/mol. The highest BCUT2D eigenvalue weighted by Crippen LogP contribution is 2.31. The van der Waals surface area contributed by atoms with E-state index in [9.17, 15) is 9.18 Å². The molecule has 108 valence electrons. The molecule has 1 atom stereocenters. The fourth-order valence-corrected chi connectivity index (χ4v) is 3.08. The summed E-state index contributed by atoms with van der Waals surface area (Å²) in [6.07, 6.45) is 0.865. The SMILES string of the molecule is O=C(c1ccc(Br)c(Cl)c1F)C1NCCc2ccccc21. The van der Waals surface area contributed by atoms with Crippen molar-refractivity contribution < 1.29 is 9.18 Å². The predicted octanol–water partition coefficient (Wildman–Crippen LogP) is 4.31. The van der Waals surface area contributed by atoms with E-state index in [-0.39, 0.29) is 16.4 Å². The highest BCUT2D eigenvalue weighted by Gasteiger charge is 2.29. The molecule has 1 heterocycles. The van der Waals surface area contributed by atoms with Crippen LogP contribution in [0.25, 0.3) is 0 Å². The summed E-state index contributed by atoms with van der Waals surface area (Å²) in [4.78, 5) is 12.7. The van der Waals surface area contributed by atoms with Gasteiger partial charge in [-0.3, -0.25) is 4.79 Å². The van der Waals surface area contributed by atoms with Gasteiger partial charge in [-0.1, -0.05) is 35.9 Å². The molecule has 1 aliphatic rings. The molecule has 2 nitrogen and oxygen atoms in total. The van der Waals surface area contributed by atoms with Crippen LogP contribution in [-0.2, 0) is 6.42 Å². The zero-order valence-electron chi connectivity index (χ0n) is 11.0. The third-order valence-electron chi connectivity index (χ3n) is 3.67. The summed E-state index contributed by atoms with van der Waals surface area (Å²) in [5.74, 6) is -0.977. The molecule has 0 spiro atoms. The van der Waals surface area contributed by atoms with Gasteiger partial charge in [0.15, 0.2) is 11.6 Å². The van der Waals surface area contributed by atoms with Gasteiger partial charge in [0.1, 0.15) is 0 Å². The average Bonchev–Trinajstić information content (AvgIpc) is 2.51. The number of halogens is 3. The van der Waals surface area contributed by atoms with Gasteiger partial charge in [0.25, 0.3) is 0 Å². The largest absolute Gasteiger partial charge is 0.303 e. The minimum Gasteiger partial charge on any atom is -0.303 e. The molecule has 0 aromatic heterocycles. The lowest BCUT2D eigenvalue weighted by Gasteiger charge is -2.26. The highest BCUT2D eigenvalue weighted by atomic mass is 79.9. The van der Waals surface area contributed by atoms with Crippen LogP contribution >= 0.6 is 27.5 Å². The maximum Gasteiger partial charge on any atom is 0.187 e. The van der Waals surface area contributed by atoms with E-state index in [1.54, 1.807) is 6.07 Å². The van der Waals surface area contributed by atoms with Crippen LogP contribution in [0.2, 0.25) is 5.02 Å². The maximum absolute atomic E-state index is 14.2. The number of hydrogen-bond acceptors (Lipinski definition) is 2. The first-order valence-electron chi connectivity index (χ1n) is 6.58. The molecule has 1 unspecified atom stereocenters. The number of nitrogens with one attached hydrogen (secondary N) is 1. The Labute approximate surface area is 135 Å². The Morgan fingerprint density at radius 3 is 2.86 bits per heavy atom. The molecule has 1 N–H and O–H groups in total. The molecule has 0 saturated carbocycles. The van der Waals surface area contributed by atoms with E-state index < -0.39 is 11.9 Å². The van der Waals surface area contributed by atoms with E-state index in [1.165, 1.54) is 6.07 Å². The Morgan fingerprint density at radius 2 is 2.05 bits per heavy atom. The van der Waals surface area contributed by atoms with Crippen LogP contribution in [0.5, 0.6) is 0 Å². The van der Waals surface area contributed by atoms with Crippen LogP contribution in [-0.4, -0.2) is 12.3 Å². The number of Topliss-reactive ketones (excluding diaryl/α,β-unsaturated/α-hetero) is 1. The van der Waals surface area contributed by atoms with E-state index in [4.69, 9.17) is 11.6 Å². The number of hydrogen-bond donors (Lipinski definition) is 1. The number of carbonyl (C=O) groups is 1. The van der Waals surface area contributed by atoms with Crippen LogP contribution in [0.4, 0.5) is 4.39 Å². The van der Waals surface area contributed by atoms with Gasteiger partial charge in [0, 0.05) is 11.0 Å². The molecule has 0 fully saturated rings. The van der Waals surface area contributed by atoms with Gasteiger partial charge in [0.05, 0.1) is 16.6 Å². The molecule has 0 amide bonds. The Bertz CT molecular complexity index is 719. The summed E-state index contributed by atoms with van der Waals surface area (Å²) in [6.45, 7) is 0.694. The van der Waals surface area contributed by atoms with Gasteiger partial charge >= 0.3 is 0 Å². The molecule has 2 aromatic carbocycles. The Kier molecular flexibility index (Phi) is 4.11. The number of benzene rings is 2. The molecule has 1 aliphatic heterocycles. The summed E-state index contributed by atoms with van der Waals surface area (Å²) in [7, 11) is 0. The fourth-order valence-electron chi connectivity index (χ4n) is 2.61. The maximum atomic E-state index is 14.2. The summed E-state index contributed by atoms with van der Waals surface area (Å²) >= 11 is 9.02. The van der Waals surface area contributed by atoms with Gasteiger partial charge < -0.3 is 5.32 Å². The standard InChI is InChI=1S/C16H12BrClFNO/c17-12-6-5-11(14(19)13(12)18)16(21)15-10-4-2-1-3-9(10)7-8-20-15/h1-6,15,20H,7-8H2. The number of fused-ring (bicyclic) bond motifs is 1. The van der Waals surface area contributed by atoms with Gasteiger partial charge in [-0.25, -0.2) is 4.39 Å². The Morgan fingerprint density at radius 1 is 1.29 bits per heavy atom. The second-order valence-electron chi connectivity index (χ2n) is 4.92. The molecular formula is C16H12BrClFNO. The molecule has 3 rings (SSSR count). The topological polar surface area (TPSA) is 29.1 Å². The molecule has 2 aromatic rings. The summed E-state index contributed by atoms with van der Waals surface area (Å²) < 4.78 is 14.7. The molecule has 0 saturated heterocycles. The second-order valence-corrected chi connectivity index (χ2v) is 6.16. The molecule has 0 aliphatic carbocycles. The van der Waals surface area contributed by atoms with Crippen molar-refractivity contribution in [2.24, 2.45) is 0 Å². The van der Waals surface area contributed by atoms with Gasteiger partial charge in [-0.2, -0.15) is 0 Å². The van der Waals surface area contributed by atoms with Crippen molar-refractivity contribution in [2.75, 3.05) is 6.54 Å². The van der Waals surface area contributed by atoms with Crippen molar-refractivity contribution >= 4 is 33.3 Å². The first kappa shape index (κ1) is 14.7. The van der Waals surface area contributed by atoms with Crippen LogP contribution in [0, 0.1) is 5.82 Å². The zero-order chi connectivity index (χ0) is 15.0. The molecule has 0 bridgehead atoms. The molecule has 0 radical (unpaired) electrons. The third kappa shape index (κ3) is 2.63. The van der Waals surface area contributed by atoms with Crippen molar-refractivity contribution in [3.05, 3.63) is 68.4 Å². The number of ketones is 1. The molecule has 21 heavy (non-hydrogen) atoms. The quantitative estimate of drug-likeness (QED) is 0.632. The predicted molar refractivity (Wildman–Crippen MR) is 84.3 cm³/mol. The normalized spacial score (nSPS) is 17.4. The van der Waals surface area contributed by atoms with E-state index in [0.29, 0.717) is 11.0 Å². The fraction of sp³-hybridized carbons (Fsp3) is 0.188. The van der Waals surface area contributed by atoms with E-state index >= 15 is 0 Å². The lowest BCUT2D eigenvalue weighted by atomic mass is 9.89. The third-order valence-corrected chi connectivity index (χ3v) is 4.93. The van der Waals surface area contributed by atoms with Crippen molar-refractivity contribution in [1.29, 1.82) is 0 Å². The van der Waals surface area contributed by atoms with Crippen molar-refractivity contribution in [3.8, 4) is 0 Å². The summed E-state index contributed by atoms with van der Waals surface area (Å²) in [5.41, 5.74) is 2.04. The lowest BCUT2D eigenvalue weighted by molar-refractivity contribution is 0.0935. The van der Waals surface area contributed by atoms with Gasteiger partial charge in [0.2, 0.25) is 0 Å². The smallest absolute Gasteiger partial charge is 0.187 e. The van der Waals surface area contributed by atoms with Crippen LogP contribution < -0.4 is 5.32 Å². The first-order chi connectivity index (χ1) is 10.1. The summed E-state index contributed by atoms with van der Waals surface area (Å²) in [5, 5.41) is 3.10. The Balaban J connectivity index is 2.03. The van der Waals surface area contributed by atoms with Crippen LogP contribution in [0.15, 0.2) is 40.9 Å². The van der Waals surface area contributed by atoms with Crippen molar-refractivity contribution in [2.45, 2.75) is 12.5 Å². The first-order valence-corrected chi connectivity index (χ1v) is 7.75. The average molecular weight is 369 g/mol. The molecule has 5 heteroatoms. The molecular weight excluding hydrogens is 357 g/mol. The zero-order valence-corrected chi connectivity index (χ0v) is 13.3. The number of carbonyl (C=O) groups excluding carboxylic acids is 1. The van der Waals surface area contributed by atoms with Crippen molar-refractivity contribution in [1.82, 2.24) is 5.32 Å². The minimum atomic E-state index is -0.680. The lowest BCUT2D eigenvalue weighted by Crippen LogP contribution is -2.35. The Hall–Kier alpha value is -1.23. The van der Waals surface area contributed by atoms with Gasteiger partial charge in [-0.15, -0.1) is 0 Å². The second kappa shape index (κ2) is 5.87. The van der Waals surface area contributed by atoms with Gasteiger partial charge in [-0.05, 0) is 45.6 Å². The highest BCUT2D eigenvalue weighted by molar-refractivity contribution is 9.10. The van der Waals surface area contributed by atoms with E-state index in [2.05, 4.69) is 21.2 Å².